The highest BCUT2D eigenvalue weighted by atomic mass is 16.5. The fourth-order valence-corrected chi connectivity index (χ4v) is 1.43. The molecule has 0 heterocycles. The van der Waals surface area contributed by atoms with Crippen molar-refractivity contribution in [1.82, 2.24) is 4.90 Å². The number of nitrogens with two attached hydrogens (primary N) is 1. The third-order valence-electron chi connectivity index (χ3n) is 2.82. The van der Waals surface area contributed by atoms with Crippen LogP contribution in [-0.2, 0) is 14.3 Å². The summed E-state index contributed by atoms with van der Waals surface area (Å²) in [6, 6.07) is -0.243. The summed E-state index contributed by atoms with van der Waals surface area (Å²) in [4.78, 5) is 23.9. The number of likely N-dealkylation sites (N-methyl/N-ethyl adjacent to an activating group) is 1. The molecule has 2 atom stereocenters. The van der Waals surface area contributed by atoms with Crippen LogP contribution in [0, 0.1) is 0 Å². The van der Waals surface area contributed by atoms with Crippen molar-refractivity contribution in [1.29, 1.82) is 0 Å². The minimum absolute atomic E-state index is 0.0253. The van der Waals surface area contributed by atoms with Crippen molar-refractivity contribution in [2.45, 2.75) is 44.8 Å². The number of aliphatic hydroxyl groups is 1. The predicted octanol–water partition coefficient (Wildman–Crippen LogP) is -0.114. The number of rotatable bonds is 8. The molecule has 0 aliphatic heterocycles. The van der Waals surface area contributed by atoms with Gasteiger partial charge >= 0.3 is 5.97 Å². The van der Waals surface area contributed by atoms with Crippen molar-refractivity contribution in [3.63, 3.8) is 0 Å². The molecular formula is C12H24N2O4. The van der Waals surface area contributed by atoms with Gasteiger partial charge in [0.25, 0.3) is 0 Å². The fourth-order valence-electron chi connectivity index (χ4n) is 1.43. The van der Waals surface area contributed by atoms with E-state index in [4.69, 9.17) is 5.73 Å². The van der Waals surface area contributed by atoms with Gasteiger partial charge < -0.3 is 20.5 Å². The molecular weight excluding hydrogens is 236 g/mol. The van der Waals surface area contributed by atoms with Gasteiger partial charge in [0.05, 0.1) is 13.2 Å². The Balaban J connectivity index is 3.73. The Bertz CT molecular complexity index is 269. The first-order chi connectivity index (χ1) is 8.38. The lowest BCUT2D eigenvalue weighted by atomic mass is 10.0. The average Bonchev–Trinajstić information content (AvgIpc) is 2.33. The van der Waals surface area contributed by atoms with Crippen molar-refractivity contribution < 1.29 is 19.4 Å². The second-order valence-corrected chi connectivity index (χ2v) is 4.48. The highest BCUT2D eigenvalue weighted by Crippen LogP contribution is 2.06. The van der Waals surface area contributed by atoms with E-state index < -0.39 is 12.1 Å². The van der Waals surface area contributed by atoms with Crippen LogP contribution in [0.4, 0.5) is 0 Å². The van der Waals surface area contributed by atoms with Crippen LogP contribution in [0.3, 0.4) is 0 Å². The number of ether oxygens (including phenoxy) is 1. The van der Waals surface area contributed by atoms with E-state index in [1.165, 1.54) is 12.0 Å². The van der Waals surface area contributed by atoms with Crippen LogP contribution in [0.2, 0.25) is 0 Å². The van der Waals surface area contributed by atoms with E-state index in [0.29, 0.717) is 19.3 Å². The normalized spacial score (nSPS) is 13.8. The number of unbranched alkanes of at least 4 members (excludes halogenated alkanes) is 1. The van der Waals surface area contributed by atoms with Gasteiger partial charge in [-0.1, -0.05) is 6.42 Å². The zero-order valence-electron chi connectivity index (χ0n) is 11.4. The standard InChI is InChI=1S/C12H24N2O4/c1-9(15)10(13)6-4-5-7-11(16)14(2)8-12(17)18-3/h9-10,15H,4-8,13H2,1-3H3. The number of esters is 1. The van der Waals surface area contributed by atoms with E-state index in [9.17, 15) is 14.7 Å². The number of methoxy groups -OCH3 is 1. The van der Waals surface area contributed by atoms with Gasteiger partial charge in [-0.05, 0) is 19.8 Å². The molecule has 18 heavy (non-hydrogen) atoms. The molecule has 6 nitrogen and oxygen atoms in total. The molecule has 0 aromatic carbocycles. The van der Waals surface area contributed by atoms with Crippen LogP contribution >= 0.6 is 0 Å². The Labute approximate surface area is 108 Å². The zero-order chi connectivity index (χ0) is 14.1. The largest absolute Gasteiger partial charge is 0.468 e. The molecule has 1 amide bonds. The van der Waals surface area contributed by atoms with Crippen molar-refractivity contribution in [2.24, 2.45) is 5.73 Å². The van der Waals surface area contributed by atoms with E-state index in [2.05, 4.69) is 4.74 Å². The molecule has 0 rings (SSSR count). The number of aliphatic hydroxyl groups excluding tert-OH is 1. The van der Waals surface area contributed by atoms with Crippen LogP contribution in [0.5, 0.6) is 0 Å². The molecule has 2 unspecified atom stereocenters. The van der Waals surface area contributed by atoms with E-state index in [-0.39, 0.29) is 18.5 Å². The van der Waals surface area contributed by atoms with E-state index in [1.54, 1.807) is 14.0 Å². The molecule has 0 radical (unpaired) electrons. The number of hydrogen-bond donors (Lipinski definition) is 2. The Hall–Kier alpha value is -1.14. The smallest absolute Gasteiger partial charge is 0.325 e. The van der Waals surface area contributed by atoms with E-state index in [0.717, 1.165) is 6.42 Å². The average molecular weight is 260 g/mol. The quantitative estimate of drug-likeness (QED) is 0.469. The predicted molar refractivity (Wildman–Crippen MR) is 67.8 cm³/mol. The van der Waals surface area contributed by atoms with Gasteiger partial charge in [-0.15, -0.1) is 0 Å². The molecule has 0 aromatic heterocycles. The molecule has 3 N–H and O–H groups in total. The highest BCUT2D eigenvalue weighted by molar-refractivity contribution is 5.81. The summed E-state index contributed by atoms with van der Waals surface area (Å²) in [6.07, 6.45) is 2.02. The van der Waals surface area contributed by atoms with Crippen LogP contribution in [0.25, 0.3) is 0 Å². The maximum atomic E-state index is 11.6. The topological polar surface area (TPSA) is 92.9 Å². The van der Waals surface area contributed by atoms with Gasteiger partial charge in [0.15, 0.2) is 0 Å². The van der Waals surface area contributed by atoms with Crippen molar-refractivity contribution in [3.05, 3.63) is 0 Å². The third kappa shape index (κ3) is 7.24. The summed E-state index contributed by atoms with van der Waals surface area (Å²) in [5.41, 5.74) is 5.67. The Morgan fingerprint density at radius 2 is 2.00 bits per heavy atom. The second-order valence-electron chi connectivity index (χ2n) is 4.48. The van der Waals surface area contributed by atoms with E-state index in [1.807, 2.05) is 0 Å². The monoisotopic (exact) mass is 260 g/mol. The molecule has 0 bridgehead atoms. The molecule has 0 saturated carbocycles. The van der Waals surface area contributed by atoms with Crippen LogP contribution < -0.4 is 5.73 Å². The van der Waals surface area contributed by atoms with Crippen molar-refractivity contribution in [3.8, 4) is 0 Å². The van der Waals surface area contributed by atoms with Gasteiger partial charge in [-0.3, -0.25) is 9.59 Å². The molecule has 0 aromatic rings. The molecule has 0 fully saturated rings. The molecule has 6 heteroatoms. The Morgan fingerprint density at radius 3 is 2.50 bits per heavy atom. The van der Waals surface area contributed by atoms with Crippen LogP contribution in [0.15, 0.2) is 0 Å². The number of carbonyl (C=O) groups excluding carboxylic acids is 2. The molecule has 106 valence electrons. The Kier molecular flexibility index (Phi) is 8.32. The summed E-state index contributed by atoms with van der Waals surface area (Å²) in [5, 5.41) is 9.19. The number of carbonyl (C=O) groups is 2. The van der Waals surface area contributed by atoms with Gasteiger partial charge in [-0.25, -0.2) is 0 Å². The first-order valence-corrected chi connectivity index (χ1v) is 6.13. The van der Waals surface area contributed by atoms with Crippen LogP contribution in [0.1, 0.15) is 32.6 Å². The summed E-state index contributed by atoms with van der Waals surface area (Å²) < 4.78 is 4.48. The number of amides is 1. The molecule has 0 spiro atoms. The van der Waals surface area contributed by atoms with Crippen molar-refractivity contribution in [2.75, 3.05) is 20.7 Å². The molecule has 0 aliphatic rings. The summed E-state index contributed by atoms with van der Waals surface area (Å²) >= 11 is 0. The third-order valence-corrected chi connectivity index (χ3v) is 2.82. The first-order valence-electron chi connectivity index (χ1n) is 6.13. The fraction of sp³-hybridized carbons (Fsp3) is 0.833. The molecule has 0 aliphatic carbocycles. The molecule has 0 saturated heterocycles. The lowest BCUT2D eigenvalue weighted by molar-refractivity contribution is -0.146. The SMILES string of the molecule is COC(=O)CN(C)C(=O)CCCCC(N)C(C)O. The van der Waals surface area contributed by atoms with Crippen molar-refractivity contribution >= 4 is 11.9 Å². The summed E-state index contributed by atoms with van der Waals surface area (Å²) in [5.74, 6) is -0.520. The zero-order valence-corrected chi connectivity index (χ0v) is 11.4. The summed E-state index contributed by atoms with van der Waals surface area (Å²) in [6.45, 7) is 1.63. The van der Waals surface area contributed by atoms with Gasteiger partial charge in [0.2, 0.25) is 5.91 Å². The minimum atomic E-state index is -0.525. The Morgan fingerprint density at radius 1 is 1.39 bits per heavy atom. The second kappa shape index (κ2) is 8.88. The summed E-state index contributed by atoms with van der Waals surface area (Å²) in [7, 11) is 2.86. The first kappa shape index (κ1) is 16.9. The number of nitrogens with zero attached hydrogens (tertiary/aromatic N) is 1. The number of hydrogen-bond acceptors (Lipinski definition) is 5. The maximum Gasteiger partial charge on any atom is 0.325 e. The maximum absolute atomic E-state index is 11.6. The van der Waals surface area contributed by atoms with Crippen LogP contribution in [-0.4, -0.2) is 54.7 Å². The van der Waals surface area contributed by atoms with Gasteiger partial charge in [0.1, 0.15) is 6.54 Å². The van der Waals surface area contributed by atoms with Gasteiger partial charge in [0, 0.05) is 19.5 Å². The highest BCUT2D eigenvalue weighted by Gasteiger charge is 2.13. The minimum Gasteiger partial charge on any atom is -0.468 e. The lowest BCUT2D eigenvalue weighted by Gasteiger charge is -2.16. The lowest BCUT2D eigenvalue weighted by Crippen LogP contribution is -2.33. The van der Waals surface area contributed by atoms with Gasteiger partial charge in [-0.2, -0.15) is 0 Å². The van der Waals surface area contributed by atoms with E-state index >= 15 is 0 Å².